The maximum absolute atomic E-state index is 10.2. The summed E-state index contributed by atoms with van der Waals surface area (Å²) in [6, 6.07) is 0. The van der Waals surface area contributed by atoms with E-state index in [2.05, 4.69) is 8.85 Å². The molecule has 1 heterocycles. The molecule has 0 saturated carbocycles. The molecular weight excluding hydrogens is 132 g/mol. The predicted octanol–water partition coefficient (Wildman–Crippen LogP) is 0.0790. The van der Waals surface area contributed by atoms with Crippen molar-refractivity contribution in [2.24, 2.45) is 0 Å². The number of carbonyl (C=O) groups excluding carboxylic acids is 1. The number of rotatable bonds is 0. The van der Waals surface area contributed by atoms with Gasteiger partial charge < -0.3 is 0 Å². The van der Waals surface area contributed by atoms with Gasteiger partial charge in [0.15, 0.2) is 0 Å². The summed E-state index contributed by atoms with van der Waals surface area (Å²) < 4.78 is 5.23. The fraction of sp³-hybridized carbons (Fsp3) is 0. The van der Waals surface area contributed by atoms with Crippen LogP contribution in [0.5, 0.6) is 0 Å². The average Bonchev–Trinajstić information content (AvgIpc) is 1.69. The third kappa shape index (κ3) is 1.58. The highest BCUT2D eigenvalue weighted by atomic mass is 32.2. The number of hydrogen-bond donors (Lipinski definition) is 2. The third-order valence-corrected chi connectivity index (χ3v) is 1.76. The lowest BCUT2D eigenvalue weighted by molar-refractivity contribution is -0.115. The molecule has 1 radical (unpaired) electrons. The van der Waals surface area contributed by atoms with Crippen LogP contribution >= 0.6 is 24.1 Å². The monoisotopic (exact) mass is 135 g/mol. The molecule has 1 rings (SSSR count). The van der Waals surface area contributed by atoms with Gasteiger partial charge in [0.05, 0.1) is 0 Å². The van der Waals surface area contributed by atoms with Gasteiger partial charge in [0.1, 0.15) is 5.75 Å². The van der Waals surface area contributed by atoms with Crippen LogP contribution in [0.4, 0.5) is 0 Å². The van der Waals surface area contributed by atoms with Crippen LogP contribution in [0.15, 0.2) is 0 Å². The van der Waals surface area contributed by atoms with Gasteiger partial charge in [-0.2, -0.15) is 4.13 Å². The Morgan fingerprint density at radius 2 is 2.57 bits per heavy atom. The largest absolute Gasteiger partial charge is 0.285 e. The van der Waals surface area contributed by atoms with Crippen molar-refractivity contribution in [3.63, 3.8) is 0 Å². The van der Waals surface area contributed by atoms with E-state index >= 15 is 0 Å². The van der Waals surface area contributed by atoms with Crippen molar-refractivity contribution in [1.82, 2.24) is 8.85 Å². The van der Waals surface area contributed by atoms with Gasteiger partial charge in [-0.25, -0.2) is 0 Å². The molecule has 1 aliphatic heterocycles. The first-order valence-corrected chi connectivity index (χ1v) is 3.29. The molecule has 0 bridgehead atoms. The Hall–Kier alpha value is 0.130. The number of nitrogens with one attached hydrogen (secondary N) is 2. The molecule has 0 aliphatic carbocycles. The van der Waals surface area contributed by atoms with Gasteiger partial charge in [-0.05, 0) is 0 Å². The Kier molecular flexibility index (Phi) is 1.84. The van der Waals surface area contributed by atoms with E-state index in [0.29, 0.717) is 0 Å². The first-order chi connectivity index (χ1) is 3.39. The molecule has 1 saturated heterocycles. The lowest BCUT2D eigenvalue weighted by Gasteiger charge is -2.07. The van der Waals surface area contributed by atoms with Crippen molar-refractivity contribution in [2.45, 2.75) is 0 Å². The van der Waals surface area contributed by atoms with E-state index in [0.717, 1.165) is 0 Å². The van der Waals surface area contributed by atoms with Gasteiger partial charge >= 0.3 is 0 Å². The third-order valence-electron chi connectivity index (χ3n) is 0.407. The molecule has 1 amide bonds. The summed E-state index contributed by atoms with van der Waals surface area (Å²) in [7, 11) is 0. The molecule has 0 aromatic heterocycles. The van der Waals surface area contributed by atoms with Crippen LogP contribution in [0.3, 0.4) is 0 Å². The second-order valence-corrected chi connectivity index (χ2v) is 2.43. The minimum atomic E-state index is -0.0475. The van der Waals surface area contributed by atoms with Gasteiger partial charge in [0, 0.05) is 12.1 Å². The summed E-state index contributed by atoms with van der Waals surface area (Å²) in [5.74, 6) is 1.42. The van der Waals surface area contributed by atoms with Crippen LogP contribution in [0.25, 0.3) is 0 Å². The smallest absolute Gasteiger partial charge is 0.247 e. The van der Waals surface area contributed by atoms with Gasteiger partial charge in [-0.1, -0.05) is 11.9 Å². The molecule has 0 aromatic rings. The summed E-state index contributed by atoms with van der Waals surface area (Å²) >= 11 is 2.46. The lowest BCUT2D eigenvalue weighted by Crippen LogP contribution is -2.23. The maximum atomic E-state index is 10.2. The van der Waals surface area contributed by atoms with Crippen molar-refractivity contribution in [3.05, 3.63) is 5.75 Å². The predicted molar refractivity (Wildman–Crippen MR) is 30.8 cm³/mol. The van der Waals surface area contributed by atoms with E-state index < -0.39 is 0 Å². The van der Waals surface area contributed by atoms with Crippen LogP contribution in [0.2, 0.25) is 0 Å². The second kappa shape index (κ2) is 2.44. The minimum absolute atomic E-state index is 0.0475. The zero-order valence-corrected chi connectivity index (χ0v) is 4.94. The summed E-state index contributed by atoms with van der Waals surface area (Å²) in [5.41, 5.74) is 0. The number of amides is 1. The van der Waals surface area contributed by atoms with Crippen molar-refractivity contribution in [1.29, 1.82) is 0 Å². The molecule has 1 fully saturated rings. The van der Waals surface area contributed by atoms with E-state index in [1.54, 1.807) is 0 Å². The normalized spacial score (nSPS) is 21.4. The van der Waals surface area contributed by atoms with Crippen LogP contribution < -0.4 is 8.85 Å². The van der Waals surface area contributed by atoms with Crippen molar-refractivity contribution >= 4 is 30.0 Å². The van der Waals surface area contributed by atoms with E-state index in [-0.39, 0.29) is 5.91 Å². The Bertz CT molecular complexity index is 77.8. The molecule has 3 nitrogen and oxygen atoms in total. The van der Waals surface area contributed by atoms with E-state index in [1.807, 2.05) is 0 Å². The van der Waals surface area contributed by atoms with E-state index in [1.165, 1.54) is 29.8 Å². The number of hydrogen-bond acceptors (Lipinski definition) is 4. The Balaban J connectivity index is 2.25. The zero-order chi connectivity index (χ0) is 5.11. The van der Waals surface area contributed by atoms with Gasteiger partial charge in [0.2, 0.25) is 5.91 Å². The molecule has 0 atom stereocenters. The van der Waals surface area contributed by atoms with Gasteiger partial charge in [0.25, 0.3) is 0 Å². The fourth-order valence-corrected chi connectivity index (χ4v) is 1.15. The standard InChI is InChI=1S/C2H3N2OS2/c5-2-1-6-4-7-3-2/h1,4H,(H,3,5). The minimum Gasteiger partial charge on any atom is -0.285 e. The Morgan fingerprint density at radius 1 is 1.71 bits per heavy atom. The molecule has 0 unspecified atom stereocenters. The number of carbonyl (C=O) groups is 1. The van der Waals surface area contributed by atoms with Crippen molar-refractivity contribution in [2.75, 3.05) is 0 Å². The van der Waals surface area contributed by atoms with Crippen molar-refractivity contribution in [3.8, 4) is 0 Å². The van der Waals surface area contributed by atoms with Crippen LogP contribution in [-0.4, -0.2) is 5.91 Å². The van der Waals surface area contributed by atoms with E-state index in [4.69, 9.17) is 0 Å². The fourth-order valence-electron chi connectivity index (χ4n) is 0.197. The average molecular weight is 135 g/mol. The highest BCUT2D eigenvalue weighted by Crippen LogP contribution is 2.09. The molecule has 7 heavy (non-hydrogen) atoms. The molecule has 0 spiro atoms. The van der Waals surface area contributed by atoms with Crippen molar-refractivity contribution < 1.29 is 4.79 Å². The Labute approximate surface area is 50.0 Å². The SMILES string of the molecule is O=C1[CH]SNSN1. The quantitative estimate of drug-likeness (QED) is 0.461. The summed E-state index contributed by atoms with van der Waals surface area (Å²) in [6.45, 7) is 0. The zero-order valence-electron chi connectivity index (χ0n) is 3.30. The Morgan fingerprint density at radius 3 is 2.86 bits per heavy atom. The first-order valence-electron chi connectivity index (χ1n) is 1.59. The first kappa shape index (κ1) is 5.27. The highest BCUT2D eigenvalue weighted by molar-refractivity contribution is 8.14. The molecule has 2 N–H and O–H groups in total. The van der Waals surface area contributed by atoms with Crippen LogP contribution in [0.1, 0.15) is 0 Å². The second-order valence-electron chi connectivity index (χ2n) is 0.887. The summed E-state index contributed by atoms with van der Waals surface area (Å²) in [6.07, 6.45) is 0. The summed E-state index contributed by atoms with van der Waals surface area (Å²) in [5, 5.41) is 0. The highest BCUT2D eigenvalue weighted by Gasteiger charge is 2.06. The topological polar surface area (TPSA) is 41.1 Å². The van der Waals surface area contributed by atoms with Gasteiger partial charge in [-0.15, -0.1) is 0 Å². The lowest BCUT2D eigenvalue weighted by atomic mass is 10.8. The maximum Gasteiger partial charge on any atom is 0.247 e. The van der Waals surface area contributed by atoms with Crippen LogP contribution in [0, 0.1) is 5.75 Å². The molecule has 1 aliphatic rings. The summed E-state index contributed by atoms with van der Waals surface area (Å²) in [4.78, 5) is 10.2. The van der Waals surface area contributed by atoms with Gasteiger partial charge in [-0.3, -0.25) is 9.52 Å². The molecular formula is C2H3N2OS2. The van der Waals surface area contributed by atoms with Crippen LogP contribution in [-0.2, 0) is 4.79 Å². The molecule has 5 heteroatoms. The van der Waals surface area contributed by atoms with E-state index in [9.17, 15) is 4.79 Å². The molecule has 39 valence electrons. The molecule has 0 aromatic carbocycles.